The van der Waals surface area contributed by atoms with Crippen LogP contribution in [0.25, 0.3) is 5.65 Å². The van der Waals surface area contributed by atoms with E-state index >= 15 is 0 Å². The number of anilines is 3. The maximum absolute atomic E-state index is 12.2. The monoisotopic (exact) mass is 377 g/mol. The fraction of sp³-hybridized carbons (Fsp3) is 0.381. The van der Waals surface area contributed by atoms with Crippen molar-refractivity contribution >= 4 is 28.9 Å². The van der Waals surface area contributed by atoms with Gasteiger partial charge in [0.2, 0.25) is 11.9 Å². The average Bonchev–Trinajstić information content (AvgIpc) is 3.35. The van der Waals surface area contributed by atoms with Gasteiger partial charge in [0.05, 0.1) is 5.41 Å². The van der Waals surface area contributed by atoms with E-state index < -0.39 is 5.41 Å². The zero-order valence-corrected chi connectivity index (χ0v) is 16.0. The van der Waals surface area contributed by atoms with E-state index in [-0.39, 0.29) is 5.91 Å². The second kappa shape index (κ2) is 6.31. The Labute approximate surface area is 163 Å². The zero-order valence-electron chi connectivity index (χ0n) is 16.0. The normalized spacial score (nSPS) is 20.4. The number of pyridine rings is 1. The number of amides is 1. The van der Waals surface area contributed by atoms with Crippen molar-refractivity contribution in [2.45, 2.75) is 32.1 Å². The lowest BCUT2D eigenvalue weighted by molar-refractivity contribution is -0.119. The fourth-order valence-electron chi connectivity index (χ4n) is 4.01. The average molecular weight is 377 g/mol. The number of aromatic nitrogens is 3. The summed E-state index contributed by atoms with van der Waals surface area (Å²) < 4.78 is 7.40. The Kier molecular flexibility index (Phi) is 3.87. The Morgan fingerprint density at radius 3 is 3.04 bits per heavy atom. The molecule has 0 saturated carbocycles. The molecule has 5 rings (SSSR count). The van der Waals surface area contributed by atoms with Gasteiger partial charge in [0.1, 0.15) is 0 Å². The molecule has 0 bridgehead atoms. The van der Waals surface area contributed by atoms with E-state index in [1.54, 1.807) is 0 Å². The molecule has 28 heavy (non-hydrogen) atoms. The van der Waals surface area contributed by atoms with Crippen LogP contribution in [-0.4, -0.2) is 33.7 Å². The number of rotatable bonds is 4. The number of nitrogens with one attached hydrogen (secondary N) is 2. The zero-order chi connectivity index (χ0) is 19.3. The minimum atomic E-state index is -0.506. The Bertz CT molecular complexity index is 1070. The molecule has 4 heterocycles. The molecule has 2 aliphatic heterocycles. The first-order valence-corrected chi connectivity index (χ1v) is 9.66. The molecule has 0 aliphatic carbocycles. The quantitative estimate of drug-likeness (QED) is 0.729. The largest absolute Gasteiger partial charge is 0.381 e. The molecule has 7 heteroatoms. The van der Waals surface area contributed by atoms with Crippen LogP contribution in [0.4, 0.5) is 17.3 Å². The van der Waals surface area contributed by atoms with Crippen molar-refractivity contribution in [1.82, 2.24) is 14.6 Å². The molecule has 2 aromatic heterocycles. The third-order valence-electron chi connectivity index (χ3n) is 5.72. The van der Waals surface area contributed by atoms with Crippen LogP contribution in [0.3, 0.4) is 0 Å². The molecule has 2 aliphatic rings. The highest BCUT2D eigenvalue weighted by atomic mass is 16.5. The minimum absolute atomic E-state index is 0.0195. The highest BCUT2D eigenvalue weighted by molar-refractivity contribution is 6.06. The van der Waals surface area contributed by atoms with Crippen molar-refractivity contribution in [1.29, 1.82) is 0 Å². The highest BCUT2D eigenvalue weighted by Gasteiger charge is 2.38. The molecule has 144 valence electrons. The van der Waals surface area contributed by atoms with Gasteiger partial charge >= 0.3 is 0 Å². The van der Waals surface area contributed by atoms with Crippen LogP contribution in [0.15, 0.2) is 36.4 Å². The molecule has 1 saturated heterocycles. The van der Waals surface area contributed by atoms with Crippen LogP contribution in [-0.2, 0) is 21.4 Å². The van der Waals surface area contributed by atoms with Crippen LogP contribution < -0.4 is 10.6 Å². The van der Waals surface area contributed by atoms with E-state index in [4.69, 9.17) is 4.74 Å². The van der Waals surface area contributed by atoms with E-state index in [1.807, 2.05) is 48.7 Å². The second-order valence-corrected chi connectivity index (χ2v) is 8.12. The van der Waals surface area contributed by atoms with Gasteiger partial charge in [-0.2, -0.15) is 4.98 Å². The third-order valence-corrected chi connectivity index (χ3v) is 5.72. The Balaban J connectivity index is 1.42. The molecule has 1 fully saturated rings. The predicted octanol–water partition coefficient (Wildman–Crippen LogP) is 3.28. The first kappa shape index (κ1) is 17.2. The van der Waals surface area contributed by atoms with E-state index in [1.165, 1.54) is 0 Å². The molecular formula is C21H23N5O2. The molecule has 0 unspecified atom stereocenters. The number of carbonyl (C=O) groups excluding carboxylic acids is 1. The lowest BCUT2D eigenvalue weighted by atomic mass is 9.86. The summed E-state index contributed by atoms with van der Waals surface area (Å²) in [6.07, 6.45) is 2.02. The van der Waals surface area contributed by atoms with Crippen molar-refractivity contribution in [3.8, 4) is 0 Å². The molecule has 7 nitrogen and oxygen atoms in total. The van der Waals surface area contributed by atoms with Crippen molar-refractivity contribution in [3.05, 3.63) is 47.7 Å². The van der Waals surface area contributed by atoms with Crippen LogP contribution in [0.1, 0.15) is 31.5 Å². The summed E-state index contributed by atoms with van der Waals surface area (Å²) >= 11 is 0. The van der Waals surface area contributed by atoms with Crippen LogP contribution in [0.2, 0.25) is 0 Å². The summed E-state index contributed by atoms with van der Waals surface area (Å²) in [5.74, 6) is 1.10. The number of ether oxygens (including phenoxy) is 1. The molecule has 0 spiro atoms. The summed E-state index contributed by atoms with van der Waals surface area (Å²) in [6, 6.07) is 12.0. The van der Waals surface area contributed by atoms with Crippen molar-refractivity contribution in [3.63, 3.8) is 0 Å². The Morgan fingerprint density at radius 1 is 1.32 bits per heavy atom. The van der Waals surface area contributed by atoms with Gasteiger partial charge in [-0.3, -0.25) is 4.79 Å². The summed E-state index contributed by atoms with van der Waals surface area (Å²) in [5, 5.41) is 10.9. The van der Waals surface area contributed by atoms with Gasteiger partial charge in [-0.05, 0) is 62.4 Å². The molecule has 1 atom stereocenters. The van der Waals surface area contributed by atoms with Crippen LogP contribution >= 0.6 is 0 Å². The third kappa shape index (κ3) is 2.82. The first-order valence-electron chi connectivity index (χ1n) is 9.66. The molecule has 3 aromatic rings. The molecular weight excluding hydrogens is 354 g/mol. The number of carbonyl (C=O) groups is 1. The van der Waals surface area contributed by atoms with E-state index in [0.29, 0.717) is 11.9 Å². The lowest BCUT2D eigenvalue weighted by Gasteiger charge is -2.14. The van der Waals surface area contributed by atoms with Crippen molar-refractivity contribution in [2.24, 2.45) is 5.92 Å². The second-order valence-electron chi connectivity index (χ2n) is 8.12. The van der Waals surface area contributed by atoms with Crippen molar-refractivity contribution in [2.75, 3.05) is 23.8 Å². The maximum atomic E-state index is 12.2. The molecule has 1 amide bonds. The predicted molar refractivity (Wildman–Crippen MR) is 107 cm³/mol. The van der Waals surface area contributed by atoms with Crippen molar-refractivity contribution < 1.29 is 9.53 Å². The van der Waals surface area contributed by atoms with Gasteiger partial charge in [-0.1, -0.05) is 12.1 Å². The number of benzene rings is 1. The number of hydrogen-bond acceptors (Lipinski definition) is 5. The Hall–Kier alpha value is -2.93. The SMILES string of the molecule is CC1(C)C(=O)Nc2cc(Nc3nc4cccc(C[C@H]5CCOC5)n4n3)ccc21. The van der Waals surface area contributed by atoms with Gasteiger partial charge in [0, 0.05) is 30.3 Å². The maximum Gasteiger partial charge on any atom is 0.247 e. The summed E-state index contributed by atoms with van der Waals surface area (Å²) in [6.45, 7) is 5.52. The number of hydrogen-bond donors (Lipinski definition) is 2. The molecule has 0 radical (unpaired) electrons. The van der Waals surface area contributed by atoms with Gasteiger partial charge in [0.25, 0.3) is 0 Å². The van der Waals surface area contributed by atoms with Gasteiger partial charge in [-0.25, -0.2) is 4.52 Å². The van der Waals surface area contributed by atoms with Crippen LogP contribution in [0.5, 0.6) is 0 Å². The first-order chi connectivity index (χ1) is 13.5. The Morgan fingerprint density at radius 2 is 2.21 bits per heavy atom. The summed E-state index contributed by atoms with van der Waals surface area (Å²) in [4.78, 5) is 16.8. The van der Waals surface area contributed by atoms with Gasteiger partial charge in [-0.15, -0.1) is 5.10 Å². The van der Waals surface area contributed by atoms with E-state index in [2.05, 4.69) is 26.8 Å². The van der Waals surface area contributed by atoms with E-state index in [0.717, 1.165) is 54.3 Å². The standard InChI is InChI=1S/C21H23N5O2/c1-21(2)16-7-6-14(11-17(16)23-19(21)27)22-20-24-18-5-3-4-15(26(18)25-20)10-13-8-9-28-12-13/h3-7,11,13H,8-10,12H2,1-2H3,(H,22,25)(H,23,27)/t13-/m1/s1. The highest BCUT2D eigenvalue weighted by Crippen LogP contribution is 2.38. The van der Waals surface area contributed by atoms with Crippen LogP contribution in [0, 0.1) is 5.92 Å². The fourth-order valence-corrected chi connectivity index (χ4v) is 4.01. The van der Waals surface area contributed by atoms with E-state index in [9.17, 15) is 4.79 Å². The molecule has 2 N–H and O–H groups in total. The summed E-state index contributed by atoms with van der Waals surface area (Å²) in [5.41, 5.74) is 4.14. The lowest BCUT2D eigenvalue weighted by Crippen LogP contribution is -2.26. The summed E-state index contributed by atoms with van der Waals surface area (Å²) in [7, 11) is 0. The van der Waals surface area contributed by atoms with Gasteiger partial charge < -0.3 is 15.4 Å². The van der Waals surface area contributed by atoms with Gasteiger partial charge in [0.15, 0.2) is 5.65 Å². The molecule has 1 aromatic carbocycles. The minimum Gasteiger partial charge on any atom is -0.381 e. The topological polar surface area (TPSA) is 80.5 Å². The number of fused-ring (bicyclic) bond motifs is 2. The number of nitrogens with zero attached hydrogens (tertiary/aromatic N) is 3. The smallest absolute Gasteiger partial charge is 0.247 e.